The Kier molecular flexibility index (Phi) is 1.54. The number of aliphatic hydroxyl groups is 1. The molecule has 1 aliphatic heterocycles. The van der Waals surface area contributed by atoms with Gasteiger partial charge in [0, 0.05) is 0 Å². The van der Waals surface area contributed by atoms with Crippen molar-refractivity contribution in [3.63, 3.8) is 0 Å². The van der Waals surface area contributed by atoms with Gasteiger partial charge in [-0.1, -0.05) is 0 Å². The minimum Gasteiger partial charge on any atom is -0.508 e. The number of hydrogen-bond donors (Lipinski definition) is 1. The maximum atomic E-state index is 10.9. The van der Waals surface area contributed by atoms with Gasteiger partial charge in [-0.15, -0.1) is 0 Å². The molecule has 0 fully saturated rings. The van der Waals surface area contributed by atoms with Crippen molar-refractivity contribution in [2.75, 3.05) is 0 Å². The van der Waals surface area contributed by atoms with Crippen LogP contribution in [0.15, 0.2) is 10.7 Å². The quantitative estimate of drug-likeness (QED) is 0.560. The van der Waals surface area contributed by atoms with Crippen molar-refractivity contribution < 1.29 is 17.7 Å². The Morgan fingerprint density at radius 1 is 1.45 bits per heavy atom. The largest absolute Gasteiger partial charge is 0.508 e. The summed E-state index contributed by atoms with van der Waals surface area (Å²) in [5, 5.41) is 9.24. The van der Waals surface area contributed by atoms with Gasteiger partial charge in [-0.3, -0.25) is 4.18 Å². The first-order chi connectivity index (χ1) is 4.77. The molecule has 1 rings (SSSR count). The van der Waals surface area contributed by atoms with E-state index < -0.39 is 15.7 Å². The lowest BCUT2D eigenvalue weighted by molar-refractivity contribution is 0.119. The molecule has 0 atom stereocenters. The molecule has 0 saturated heterocycles. The topological polar surface area (TPSA) is 63.6 Å². The lowest BCUT2D eigenvalue weighted by Crippen LogP contribution is -2.22. The van der Waals surface area contributed by atoms with Crippen LogP contribution in [0.5, 0.6) is 0 Å². The van der Waals surface area contributed by atoms with Gasteiger partial charge < -0.3 is 5.11 Å². The van der Waals surface area contributed by atoms with Crippen molar-refractivity contribution in [1.82, 2.24) is 0 Å². The first-order valence-corrected chi connectivity index (χ1v) is 4.54. The third-order valence-corrected chi connectivity index (χ3v) is 3.18. The zero-order valence-corrected chi connectivity index (χ0v) is 7.40. The van der Waals surface area contributed by atoms with E-state index in [4.69, 9.17) is 0 Å². The Balaban J connectivity index is 3.31. The molecule has 5 heteroatoms. The van der Waals surface area contributed by atoms with E-state index >= 15 is 0 Å². The smallest absolute Gasteiger partial charge is 0.297 e. The van der Waals surface area contributed by atoms with Crippen LogP contribution in [0.1, 0.15) is 20.8 Å². The summed E-state index contributed by atoms with van der Waals surface area (Å²) in [6.07, 6.45) is 0. The Morgan fingerprint density at radius 3 is 2.00 bits per heavy atom. The zero-order chi connectivity index (χ0) is 8.86. The Hall–Kier alpha value is -0.550. The van der Waals surface area contributed by atoms with E-state index in [0.717, 1.165) is 0 Å². The molecule has 0 radical (unpaired) electrons. The molecule has 0 amide bonds. The van der Waals surface area contributed by atoms with Gasteiger partial charge in [0.2, 0.25) is 0 Å². The average Bonchev–Trinajstić information content (AvgIpc) is 1.91. The highest BCUT2D eigenvalue weighted by Gasteiger charge is 2.42. The molecule has 1 heterocycles. The lowest BCUT2D eigenvalue weighted by atomic mass is 10.1. The van der Waals surface area contributed by atoms with Gasteiger partial charge in [-0.25, -0.2) is 0 Å². The first-order valence-electron chi connectivity index (χ1n) is 3.13. The normalized spacial score (nSPS) is 27.5. The Morgan fingerprint density at radius 2 is 1.91 bits per heavy atom. The summed E-state index contributed by atoms with van der Waals surface area (Å²) in [6.45, 7) is 4.31. The van der Waals surface area contributed by atoms with Crippen LogP contribution in [-0.2, 0) is 14.3 Å². The summed E-state index contributed by atoms with van der Waals surface area (Å²) < 4.78 is 26.5. The molecule has 0 aromatic rings. The van der Waals surface area contributed by atoms with E-state index in [1.54, 1.807) is 0 Å². The van der Waals surface area contributed by atoms with Crippen LogP contribution in [-0.4, -0.2) is 19.1 Å². The number of allylic oxidation sites excluding steroid dienone is 1. The van der Waals surface area contributed by atoms with Gasteiger partial charge in [-0.2, -0.15) is 8.42 Å². The van der Waals surface area contributed by atoms with Crippen molar-refractivity contribution in [3.05, 3.63) is 10.7 Å². The summed E-state index contributed by atoms with van der Waals surface area (Å²) in [5.41, 5.74) is -1.09. The highest BCUT2D eigenvalue weighted by atomic mass is 32.2. The molecule has 4 nitrogen and oxygen atoms in total. The minimum atomic E-state index is -3.65. The van der Waals surface area contributed by atoms with Crippen molar-refractivity contribution in [2.45, 2.75) is 26.4 Å². The Labute approximate surface area is 65.6 Å². The summed E-state index contributed by atoms with van der Waals surface area (Å²) in [5.74, 6) is -0.211. The number of hydrogen-bond acceptors (Lipinski definition) is 4. The highest BCUT2D eigenvalue weighted by molar-refractivity contribution is 7.91. The van der Waals surface area contributed by atoms with Gasteiger partial charge in [0.15, 0.2) is 0 Å². The second kappa shape index (κ2) is 1.98. The second-order valence-corrected chi connectivity index (χ2v) is 4.64. The van der Waals surface area contributed by atoms with E-state index in [0.29, 0.717) is 0 Å². The molecule has 0 aromatic heterocycles. The zero-order valence-electron chi connectivity index (χ0n) is 6.58. The van der Waals surface area contributed by atoms with Crippen molar-refractivity contribution in [2.24, 2.45) is 0 Å². The monoisotopic (exact) mass is 178 g/mol. The lowest BCUT2D eigenvalue weighted by Gasteiger charge is -2.14. The molecule has 0 aromatic carbocycles. The van der Waals surface area contributed by atoms with Crippen LogP contribution in [0.2, 0.25) is 0 Å². The van der Waals surface area contributed by atoms with E-state index in [1.807, 2.05) is 0 Å². The van der Waals surface area contributed by atoms with E-state index in [-0.39, 0.29) is 10.7 Å². The van der Waals surface area contributed by atoms with Crippen molar-refractivity contribution >= 4 is 10.1 Å². The molecule has 0 saturated carbocycles. The minimum absolute atomic E-state index is 0.0949. The van der Waals surface area contributed by atoms with Crippen LogP contribution in [0.3, 0.4) is 0 Å². The fourth-order valence-corrected chi connectivity index (χ4v) is 2.15. The van der Waals surface area contributed by atoms with Crippen LogP contribution < -0.4 is 0 Å². The fourth-order valence-electron chi connectivity index (χ4n) is 0.919. The van der Waals surface area contributed by atoms with Gasteiger partial charge in [-0.05, 0) is 20.8 Å². The summed E-state index contributed by atoms with van der Waals surface area (Å²) in [7, 11) is -3.65. The summed E-state index contributed by atoms with van der Waals surface area (Å²) in [6, 6.07) is 0. The van der Waals surface area contributed by atoms with Crippen LogP contribution in [0, 0.1) is 0 Å². The third kappa shape index (κ3) is 1.14. The molecule has 0 spiro atoms. The maximum Gasteiger partial charge on any atom is 0.297 e. The molecule has 1 aliphatic rings. The van der Waals surface area contributed by atoms with Crippen LogP contribution in [0.25, 0.3) is 0 Å². The molecular formula is C6H10O4S. The SMILES string of the molecule is CC1=C(O)C(C)(C)OS1(=O)=O. The van der Waals surface area contributed by atoms with Gasteiger partial charge in [0.25, 0.3) is 10.1 Å². The molecule has 0 aliphatic carbocycles. The summed E-state index contributed by atoms with van der Waals surface area (Å²) >= 11 is 0. The predicted octanol–water partition coefficient (Wildman–Crippen LogP) is 0.915. The number of rotatable bonds is 0. The Bertz CT molecular complexity index is 309. The predicted molar refractivity (Wildman–Crippen MR) is 39.4 cm³/mol. The van der Waals surface area contributed by atoms with E-state index in [2.05, 4.69) is 4.18 Å². The maximum absolute atomic E-state index is 10.9. The fraction of sp³-hybridized carbons (Fsp3) is 0.667. The van der Waals surface area contributed by atoms with Gasteiger partial charge in [0.05, 0.1) is 0 Å². The first kappa shape index (κ1) is 8.55. The molecular weight excluding hydrogens is 168 g/mol. The van der Waals surface area contributed by atoms with E-state index in [9.17, 15) is 13.5 Å². The van der Waals surface area contributed by atoms with Crippen molar-refractivity contribution in [1.29, 1.82) is 0 Å². The average molecular weight is 178 g/mol. The van der Waals surface area contributed by atoms with Crippen molar-refractivity contribution in [3.8, 4) is 0 Å². The van der Waals surface area contributed by atoms with Gasteiger partial charge >= 0.3 is 0 Å². The second-order valence-electron chi connectivity index (χ2n) is 2.95. The van der Waals surface area contributed by atoms with Crippen LogP contribution in [0.4, 0.5) is 0 Å². The standard InChI is InChI=1S/C6H10O4S/c1-4-5(7)6(2,3)10-11(4,8)9/h7H,1-3H3. The highest BCUT2D eigenvalue weighted by Crippen LogP contribution is 2.34. The van der Waals surface area contributed by atoms with E-state index in [1.165, 1.54) is 20.8 Å². The third-order valence-electron chi connectivity index (χ3n) is 1.60. The van der Waals surface area contributed by atoms with Gasteiger partial charge in [0.1, 0.15) is 16.3 Å². The molecule has 1 N–H and O–H groups in total. The summed E-state index contributed by atoms with van der Waals surface area (Å²) in [4.78, 5) is -0.0949. The molecule has 64 valence electrons. The number of aliphatic hydroxyl groups excluding tert-OH is 1. The molecule has 0 unspecified atom stereocenters. The molecule has 0 bridgehead atoms. The van der Waals surface area contributed by atoms with Crippen LogP contribution >= 0.6 is 0 Å². The molecule has 11 heavy (non-hydrogen) atoms.